The predicted molar refractivity (Wildman–Crippen MR) is 73.8 cm³/mol. The molecule has 0 aliphatic carbocycles. The number of aryl methyl sites for hydroxylation is 1. The van der Waals surface area contributed by atoms with Crippen molar-refractivity contribution in [1.82, 2.24) is 0 Å². The Balaban J connectivity index is 2.16. The van der Waals surface area contributed by atoms with Crippen LogP contribution in [0.15, 0.2) is 22.9 Å². The summed E-state index contributed by atoms with van der Waals surface area (Å²) in [6.07, 6.45) is 0. The highest BCUT2D eigenvalue weighted by molar-refractivity contribution is 7.08. The lowest BCUT2D eigenvalue weighted by Gasteiger charge is -2.12. The van der Waals surface area contributed by atoms with E-state index in [2.05, 4.69) is 10.1 Å². The summed E-state index contributed by atoms with van der Waals surface area (Å²) in [7, 11) is 0. The molecule has 0 fully saturated rings. The Hall–Kier alpha value is -1.89. The van der Waals surface area contributed by atoms with E-state index in [-0.39, 0.29) is 5.69 Å². The van der Waals surface area contributed by atoms with Gasteiger partial charge in [-0.25, -0.2) is 4.39 Å². The molecule has 1 aromatic carbocycles. The molecular formula is C13H13F3N2OS. The average molecular weight is 302 g/mol. The molecule has 2 aromatic rings. The monoisotopic (exact) mass is 302 g/mol. The van der Waals surface area contributed by atoms with Crippen LogP contribution in [-0.2, 0) is 6.54 Å². The molecule has 7 heteroatoms. The Labute approximate surface area is 118 Å². The maximum atomic E-state index is 13.4. The summed E-state index contributed by atoms with van der Waals surface area (Å²) < 4.78 is 41.8. The van der Waals surface area contributed by atoms with Crippen molar-refractivity contribution in [3.63, 3.8) is 0 Å². The largest absolute Gasteiger partial charge is 0.432 e. The molecule has 0 aliphatic rings. The van der Waals surface area contributed by atoms with Crippen molar-refractivity contribution in [3.05, 3.63) is 39.8 Å². The molecule has 20 heavy (non-hydrogen) atoms. The van der Waals surface area contributed by atoms with Crippen LogP contribution in [0.1, 0.15) is 11.1 Å². The van der Waals surface area contributed by atoms with Gasteiger partial charge in [0.2, 0.25) is 0 Å². The van der Waals surface area contributed by atoms with Crippen LogP contribution in [-0.4, -0.2) is 6.61 Å². The normalized spacial score (nSPS) is 10.8. The fourth-order valence-corrected chi connectivity index (χ4v) is 2.52. The molecule has 0 bridgehead atoms. The maximum Gasteiger partial charge on any atom is 0.387 e. The Morgan fingerprint density at radius 1 is 1.35 bits per heavy atom. The molecule has 3 nitrogen and oxygen atoms in total. The smallest absolute Gasteiger partial charge is 0.387 e. The van der Waals surface area contributed by atoms with Gasteiger partial charge in [-0.3, -0.25) is 0 Å². The van der Waals surface area contributed by atoms with Crippen LogP contribution in [0.5, 0.6) is 5.75 Å². The Kier molecular flexibility index (Phi) is 4.39. The number of thiophene rings is 1. The first-order valence-corrected chi connectivity index (χ1v) is 6.71. The number of nitrogens with one attached hydrogen (secondary N) is 1. The molecule has 0 saturated carbocycles. The van der Waals surface area contributed by atoms with Gasteiger partial charge in [0.1, 0.15) is 0 Å². The van der Waals surface area contributed by atoms with Crippen LogP contribution in [0.3, 0.4) is 0 Å². The second-order valence-corrected chi connectivity index (χ2v) is 4.93. The first kappa shape index (κ1) is 14.5. The molecule has 0 amide bonds. The number of nitrogens with two attached hydrogens (primary N) is 1. The number of benzene rings is 1. The summed E-state index contributed by atoms with van der Waals surface area (Å²) >= 11 is 1.56. The van der Waals surface area contributed by atoms with Gasteiger partial charge in [-0.1, -0.05) is 0 Å². The summed E-state index contributed by atoms with van der Waals surface area (Å²) in [6.45, 7) is -0.647. The third-order valence-corrected chi connectivity index (χ3v) is 3.66. The maximum absolute atomic E-state index is 13.4. The SMILES string of the molecule is Cc1cscc1CNc1cc(OC(F)F)c(F)cc1N. The fraction of sp³-hybridized carbons (Fsp3) is 0.231. The van der Waals surface area contributed by atoms with E-state index in [4.69, 9.17) is 5.73 Å². The number of hydrogen-bond donors (Lipinski definition) is 2. The summed E-state index contributed by atoms with van der Waals surface area (Å²) in [5, 5.41) is 6.95. The third-order valence-electron chi connectivity index (χ3n) is 2.75. The molecule has 0 spiro atoms. The highest BCUT2D eigenvalue weighted by Crippen LogP contribution is 2.30. The zero-order chi connectivity index (χ0) is 14.7. The fourth-order valence-electron chi connectivity index (χ4n) is 1.67. The Bertz CT molecular complexity index is 601. The summed E-state index contributed by atoms with van der Waals surface area (Å²) in [6, 6.07) is 2.10. The standard InChI is InChI=1S/C13H13F3N2OS/c1-7-5-20-6-8(7)4-18-11-3-12(19-13(15)16)9(14)2-10(11)17/h2-3,5-6,13,18H,4,17H2,1H3. The lowest BCUT2D eigenvalue weighted by Crippen LogP contribution is -2.07. The van der Waals surface area contributed by atoms with Crippen LogP contribution in [0, 0.1) is 12.7 Å². The molecule has 0 aliphatic heterocycles. The first-order chi connectivity index (χ1) is 9.47. The lowest BCUT2D eigenvalue weighted by atomic mass is 10.2. The lowest BCUT2D eigenvalue weighted by molar-refractivity contribution is -0.0521. The van der Waals surface area contributed by atoms with E-state index < -0.39 is 18.2 Å². The quantitative estimate of drug-likeness (QED) is 0.821. The number of rotatable bonds is 5. The molecule has 0 unspecified atom stereocenters. The zero-order valence-corrected chi connectivity index (χ0v) is 11.4. The molecule has 0 atom stereocenters. The topological polar surface area (TPSA) is 47.3 Å². The zero-order valence-electron chi connectivity index (χ0n) is 10.6. The summed E-state index contributed by atoms with van der Waals surface area (Å²) in [5.41, 5.74) is 8.33. The minimum Gasteiger partial charge on any atom is -0.432 e. The van der Waals surface area contributed by atoms with E-state index in [1.54, 1.807) is 11.3 Å². The van der Waals surface area contributed by atoms with E-state index in [9.17, 15) is 13.2 Å². The van der Waals surface area contributed by atoms with Crippen molar-refractivity contribution in [2.75, 3.05) is 11.1 Å². The molecule has 0 saturated heterocycles. The summed E-state index contributed by atoms with van der Waals surface area (Å²) in [5.74, 6) is -1.45. The van der Waals surface area contributed by atoms with Gasteiger partial charge in [0.25, 0.3) is 0 Å². The van der Waals surface area contributed by atoms with Gasteiger partial charge >= 0.3 is 6.61 Å². The molecule has 3 N–H and O–H groups in total. The number of anilines is 2. The highest BCUT2D eigenvalue weighted by atomic mass is 32.1. The van der Waals surface area contributed by atoms with Crippen LogP contribution in [0.25, 0.3) is 0 Å². The van der Waals surface area contributed by atoms with Crippen molar-refractivity contribution in [1.29, 1.82) is 0 Å². The Morgan fingerprint density at radius 3 is 2.70 bits per heavy atom. The van der Waals surface area contributed by atoms with E-state index in [0.29, 0.717) is 12.2 Å². The number of ether oxygens (including phenoxy) is 1. The minimum atomic E-state index is -3.08. The van der Waals surface area contributed by atoms with Crippen molar-refractivity contribution in [2.45, 2.75) is 20.1 Å². The van der Waals surface area contributed by atoms with Gasteiger partial charge in [-0.15, -0.1) is 0 Å². The molecule has 0 radical (unpaired) electrons. The van der Waals surface area contributed by atoms with E-state index in [1.807, 2.05) is 17.7 Å². The van der Waals surface area contributed by atoms with Crippen LogP contribution >= 0.6 is 11.3 Å². The van der Waals surface area contributed by atoms with Gasteiger partial charge in [-0.05, 0) is 28.8 Å². The average Bonchev–Trinajstić information content (AvgIpc) is 2.76. The van der Waals surface area contributed by atoms with Gasteiger partial charge in [0.05, 0.1) is 11.4 Å². The summed E-state index contributed by atoms with van der Waals surface area (Å²) in [4.78, 5) is 0. The van der Waals surface area contributed by atoms with Gasteiger partial charge in [-0.2, -0.15) is 20.1 Å². The predicted octanol–water partition coefficient (Wildman–Crippen LogP) is 3.99. The van der Waals surface area contributed by atoms with E-state index in [1.165, 1.54) is 0 Å². The number of halogens is 3. The van der Waals surface area contributed by atoms with Crippen molar-refractivity contribution < 1.29 is 17.9 Å². The molecule has 108 valence electrons. The third kappa shape index (κ3) is 3.36. The van der Waals surface area contributed by atoms with E-state index >= 15 is 0 Å². The van der Waals surface area contributed by atoms with Crippen LogP contribution in [0.2, 0.25) is 0 Å². The minimum absolute atomic E-state index is 0.136. The Morgan fingerprint density at radius 2 is 2.10 bits per heavy atom. The van der Waals surface area contributed by atoms with Gasteiger partial charge in [0.15, 0.2) is 11.6 Å². The molecule has 1 aromatic heterocycles. The first-order valence-electron chi connectivity index (χ1n) is 5.76. The van der Waals surface area contributed by atoms with Crippen LogP contribution < -0.4 is 15.8 Å². The molecular weight excluding hydrogens is 289 g/mol. The van der Waals surface area contributed by atoms with Crippen LogP contribution in [0.4, 0.5) is 24.5 Å². The number of alkyl halides is 2. The van der Waals surface area contributed by atoms with E-state index in [0.717, 1.165) is 23.3 Å². The number of hydrogen-bond acceptors (Lipinski definition) is 4. The molecule has 1 heterocycles. The second-order valence-electron chi connectivity index (χ2n) is 4.18. The second kappa shape index (κ2) is 6.04. The van der Waals surface area contributed by atoms with Crippen molar-refractivity contribution >= 4 is 22.7 Å². The van der Waals surface area contributed by atoms with Gasteiger partial charge in [0, 0.05) is 18.7 Å². The number of nitrogen functional groups attached to an aromatic ring is 1. The molecule has 2 rings (SSSR count). The highest BCUT2D eigenvalue weighted by Gasteiger charge is 2.13. The van der Waals surface area contributed by atoms with Crippen molar-refractivity contribution in [2.24, 2.45) is 0 Å². The van der Waals surface area contributed by atoms with Crippen molar-refractivity contribution in [3.8, 4) is 5.75 Å². The van der Waals surface area contributed by atoms with Gasteiger partial charge < -0.3 is 15.8 Å².